The second-order valence-corrected chi connectivity index (χ2v) is 16.4. The van der Waals surface area contributed by atoms with Crippen molar-refractivity contribution >= 4 is 59.2 Å². The molecule has 0 radical (unpaired) electrons. The number of hydrogen-bond acceptors (Lipinski definition) is 13. The minimum absolute atomic E-state index is 0.0326. The van der Waals surface area contributed by atoms with Crippen molar-refractivity contribution in [3.63, 3.8) is 0 Å². The maximum Gasteiger partial charge on any atom is 0.408 e. The summed E-state index contributed by atoms with van der Waals surface area (Å²) in [6, 6.07) is 20.4. The molecule has 0 bridgehead atoms. The Labute approximate surface area is 393 Å². The van der Waals surface area contributed by atoms with Crippen molar-refractivity contribution in [1.82, 2.24) is 42.2 Å². The molecule has 0 saturated carbocycles. The van der Waals surface area contributed by atoms with Gasteiger partial charge in [-0.15, -0.1) is 0 Å². The third-order valence-electron chi connectivity index (χ3n) is 9.90. The number of ether oxygens (including phenoxy) is 3. The van der Waals surface area contributed by atoms with Crippen LogP contribution in [0.4, 0.5) is 15.3 Å². The van der Waals surface area contributed by atoms with E-state index in [1.807, 2.05) is 17.6 Å². The molecule has 4 rings (SSSR count). The van der Waals surface area contributed by atoms with E-state index in [4.69, 9.17) is 20.1 Å². The highest BCUT2D eigenvalue weighted by Crippen LogP contribution is 2.24. The van der Waals surface area contributed by atoms with E-state index in [2.05, 4.69) is 37.2 Å². The number of nitrogens with one attached hydrogen (secondary N) is 8. The van der Waals surface area contributed by atoms with Gasteiger partial charge in [0.1, 0.15) is 36.6 Å². The number of anilines is 1. The van der Waals surface area contributed by atoms with E-state index in [1.54, 1.807) is 81.4 Å². The topological polar surface area (TPSA) is 307 Å². The van der Waals surface area contributed by atoms with E-state index in [1.165, 1.54) is 11.0 Å². The molecule has 0 unspecified atom stereocenters. The van der Waals surface area contributed by atoms with Crippen molar-refractivity contribution in [2.45, 2.75) is 83.8 Å². The molecule has 1 aliphatic rings. The highest BCUT2D eigenvalue weighted by molar-refractivity contribution is 6.02. The summed E-state index contributed by atoms with van der Waals surface area (Å²) in [6.07, 6.45) is 0.451. The van der Waals surface area contributed by atoms with Gasteiger partial charge in [-0.25, -0.2) is 15.4 Å². The molecule has 22 heteroatoms. The molecule has 9 amide bonds. The number of hydrogen-bond donors (Lipinski definition) is 9. The van der Waals surface area contributed by atoms with E-state index in [0.717, 1.165) is 5.56 Å². The number of benzene rings is 3. The van der Waals surface area contributed by atoms with Gasteiger partial charge in [-0.05, 0) is 82.7 Å². The van der Waals surface area contributed by atoms with Gasteiger partial charge >= 0.3 is 12.2 Å². The number of nitrogens with two attached hydrogens (primary N) is 1. The van der Waals surface area contributed by atoms with Crippen LogP contribution in [0.3, 0.4) is 0 Å². The summed E-state index contributed by atoms with van der Waals surface area (Å²) in [5, 5.41) is 17.5. The van der Waals surface area contributed by atoms with Crippen LogP contribution in [0.15, 0.2) is 78.9 Å². The summed E-state index contributed by atoms with van der Waals surface area (Å²) in [6.45, 7) is 3.70. The number of hydrazine groups is 1. The number of carbonyl (C=O) groups excluding carboxylic acids is 9. The Morgan fingerprint density at radius 2 is 1.34 bits per heavy atom. The van der Waals surface area contributed by atoms with E-state index in [9.17, 15) is 43.2 Å². The van der Waals surface area contributed by atoms with Crippen molar-refractivity contribution in [2.24, 2.45) is 5.84 Å². The van der Waals surface area contributed by atoms with Gasteiger partial charge in [-0.2, -0.15) is 0 Å². The number of alkyl carbamates (subject to hydrolysis) is 2. The van der Waals surface area contributed by atoms with Crippen LogP contribution >= 0.6 is 0 Å². The van der Waals surface area contributed by atoms with Crippen molar-refractivity contribution in [2.75, 3.05) is 44.6 Å². The van der Waals surface area contributed by atoms with Crippen LogP contribution in [0.25, 0.3) is 0 Å². The number of likely N-dealkylation sites (tertiary alicyclic amines) is 1. The third-order valence-corrected chi connectivity index (χ3v) is 9.90. The lowest BCUT2D eigenvalue weighted by molar-refractivity contribution is -0.138. The standard InChI is InChI=1S/C46H60N10O12/c1-46(2,3)68-44(64)48-21-11-10-17-35(54-45(65)67-28-30-13-6-4-7-14-30)43(63)56-22-12-18-36(56)42(62)53-32-20-19-31(29-66-33-15-8-5-9-16-33)34(23-32)41(61)52-26-39(59)50-24-37(57)49-25-38(58)51-27-40(60)55-47/h4-9,13-16,19-20,23,35-36H,10-12,17-18,21-22,24-29,47H2,1-3H3,(H,48,64)(H,49,57)(H,50,59)(H,51,58)(H,52,61)(H,53,62)(H,54,65)(H,55,60)/t35-,36-/m0/s1. The van der Waals surface area contributed by atoms with Gasteiger partial charge < -0.3 is 56.3 Å². The Hall–Kier alpha value is -7.75. The molecule has 0 spiro atoms. The molecule has 1 saturated heterocycles. The minimum atomic E-state index is -1.07. The number of amides is 9. The first-order chi connectivity index (χ1) is 32.5. The van der Waals surface area contributed by atoms with E-state index in [-0.39, 0.29) is 44.0 Å². The molecular formula is C46H60N10O12. The first kappa shape index (κ1) is 52.9. The van der Waals surface area contributed by atoms with Gasteiger partial charge in [0.2, 0.25) is 29.5 Å². The third kappa shape index (κ3) is 19.0. The van der Waals surface area contributed by atoms with E-state index in [0.29, 0.717) is 37.0 Å². The summed E-state index contributed by atoms with van der Waals surface area (Å²) >= 11 is 0. The van der Waals surface area contributed by atoms with Gasteiger partial charge in [0, 0.05) is 29.9 Å². The predicted octanol–water partition coefficient (Wildman–Crippen LogP) is 1.25. The van der Waals surface area contributed by atoms with Crippen molar-refractivity contribution in [3.05, 3.63) is 95.6 Å². The quantitative estimate of drug-likeness (QED) is 0.0280. The molecule has 0 aromatic heterocycles. The Kier molecular flexibility index (Phi) is 21.0. The summed E-state index contributed by atoms with van der Waals surface area (Å²) < 4.78 is 16.6. The fourth-order valence-corrected chi connectivity index (χ4v) is 6.57. The van der Waals surface area contributed by atoms with Crippen LogP contribution in [0.5, 0.6) is 5.75 Å². The Morgan fingerprint density at radius 3 is 1.97 bits per heavy atom. The lowest BCUT2D eigenvalue weighted by Gasteiger charge is -2.28. The van der Waals surface area contributed by atoms with Crippen LogP contribution in [0, 0.1) is 0 Å². The highest BCUT2D eigenvalue weighted by Gasteiger charge is 2.38. The van der Waals surface area contributed by atoms with Crippen LogP contribution < -0.4 is 53.2 Å². The number of rotatable bonds is 23. The summed E-state index contributed by atoms with van der Waals surface area (Å²) in [4.78, 5) is 116. The van der Waals surface area contributed by atoms with Crippen LogP contribution in [-0.4, -0.2) is 115 Å². The molecule has 1 heterocycles. The zero-order valence-corrected chi connectivity index (χ0v) is 38.3. The number of para-hydroxylation sites is 1. The molecule has 68 heavy (non-hydrogen) atoms. The van der Waals surface area contributed by atoms with E-state index >= 15 is 0 Å². The second kappa shape index (κ2) is 27.0. The van der Waals surface area contributed by atoms with E-state index < -0.39 is 97.4 Å². The maximum absolute atomic E-state index is 14.2. The first-order valence-corrected chi connectivity index (χ1v) is 21.9. The fraction of sp³-hybridized carbons (Fsp3) is 0.413. The molecule has 22 nitrogen and oxygen atoms in total. The number of unbranched alkanes of at least 4 members (excludes halogenated alkanes) is 1. The Balaban J connectivity index is 1.41. The SMILES string of the molecule is CC(C)(C)OC(=O)NCCCC[C@H](NC(=O)OCc1ccccc1)C(=O)N1CCC[C@H]1C(=O)Nc1ccc(COc2ccccc2)c(C(=O)NCC(=O)NCC(=O)NCC(=O)NCC(=O)NN)c1. The average molecular weight is 945 g/mol. The smallest absolute Gasteiger partial charge is 0.408 e. The summed E-state index contributed by atoms with van der Waals surface area (Å²) in [5.41, 5.74) is 2.57. The molecule has 10 N–H and O–H groups in total. The molecule has 2 atom stereocenters. The largest absolute Gasteiger partial charge is 0.489 e. The summed E-state index contributed by atoms with van der Waals surface area (Å²) in [7, 11) is 0. The zero-order valence-electron chi connectivity index (χ0n) is 38.3. The van der Waals surface area contributed by atoms with Gasteiger partial charge in [0.25, 0.3) is 11.8 Å². The fourth-order valence-electron chi connectivity index (χ4n) is 6.57. The highest BCUT2D eigenvalue weighted by atomic mass is 16.6. The number of carbonyl (C=O) groups is 9. The zero-order chi connectivity index (χ0) is 49.5. The van der Waals surface area contributed by atoms with Gasteiger partial charge in [-0.3, -0.25) is 39.0 Å². The molecular weight excluding hydrogens is 885 g/mol. The monoisotopic (exact) mass is 944 g/mol. The average Bonchev–Trinajstić information content (AvgIpc) is 3.82. The van der Waals surface area contributed by atoms with Gasteiger partial charge in [0.15, 0.2) is 0 Å². The molecule has 3 aromatic rings. The Morgan fingerprint density at radius 1 is 0.721 bits per heavy atom. The summed E-state index contributed by atoms with van der Waals surface area (Å²) in [5.74, 6) is 0.956. The Bertz CT molecular complexity index is 2220. The minimum Gasteiger partial charge on any atom is -0.489 e. The van der Waals surface area contributed by atoms with Crippen LogP contribution in [0.2, 0.25) is 0 Å². The van der Waals surface area contributed by atoms with Gasteiger partial charge in [-0.1, -0.05) is 54.6 Å². The maximum atomic E-state index is 14.2. The number of nitrogens with zero attached hydrogens (tertiary/aromatic N) is 1. The van der Waals surface area contributed by atoms with Crippen molar-refractivity contribution in [1.29, 1.82) is 0 Å². The predicted molar refractivity (Wildman–Crippen MR) is 246 cm³/mol. The molecule has 3 aromatic carbocycles. The normalized spacial score (nSPS) is 13.4. The lowest BCUT2D eigenvalue weighted by Crippen LogP contribution is -2.52. The molecule has 366 valence electrons. The van der Waals surface area contributed by atoms with Crippen molar-refractivity contribution in [3.8, 4) is 5.75 Å². The first-order valence-electron chi connectivity index (χ1n) is 21.9. The van der Waals surface area contributed by atoms with Crippen LogP contribution in [-0.2, 0) is 51.5 Å². The lowest BCUT2D eigenvalue weighted by atomic mass is 10.1. The van der Waals surface area contributed by atoms with Crippen LogP contribution in [0.1, 0.15) is 74.4 Å². The molecule has 1 aliphatic heterocycles. The molecule has 0 aliphatic carbocycles. The molecule has 1 fully saturated rings. The van der Waals surface area contributed by atoms with Crippen molar-refractivity contribution < 1.29 is 57.4 Å². The second-order valence-electron chi connectivity index (χ2n) is 16.4. The van der Waals surface area contributed by atoms with Gasteiger partial charge in [0.05, 0.1) is 26.2 Å².